The Morgan fingerprint density at radius 1 is 1.05 bits per heavy atom. The van der Waals surface area contributed by atoms with Crippen LogP contribution in [0.25, 0.3) is 34.9 Å². The quantitative estimate of drug-likeness (QED) is 0.366. The molecule has 0 atom stereocenters. The predicted molar refractivity (Wildman–Crippen MR) is 166 cm³/mol. The molecule has 3 heterocycles. The van der Waals surface area contributed by atoms with Crippen LogP contribution in [-0.4, -0.2) is 45.8 Å². The number of benzene rings is 2. The second kappa shape index (κ2) is 11.8. The Balaban J connectivity index is 1.43. The first-order valence-corrected chi connectivity index (χ1v) is 14.6. The molecule has 1 aliphatic carbocycles. The van der Waals surface area contributed by atoms with E-state index in [9.17, 15) is 0 Å². The topological polar surface area (TPSA) is 82.1 Å². The molecule has 2 aromatic carbocycles. The minimum absolute atomic E-state index is 0.193. The number of nitrogens with two attached hydrogens (primary N) is 1. The van der Waals surface area contributed by atoms with Gasteiger partial charge in [-0.25, -0.2) is 15.0 Å². The minimum Gasteiger partial charge on any atom is -0.378 e. The summed E-state index contributed by atoms with van der Waals surface area (Å²) in [6.45, 7) is 7.70. The van der Waals surface area contributed by atoms with Crippen LogP contribution in [0.2, 0.25) is 0 Å². The van der Waals surface area contributed by atoms with Gasteiger partial charge in [0.15, 0.2) is 5.82 Å². The van der Waals surface area contributed by atoms with Gasteiger partial charge in [0.2, 0.25) is 0 Å². The van der Waals surface area contributed by atoms with E-state index < -0.39 is 0 Å². The van der Waals surface area contributed by atoms with E-state index in [0.717, 1.165) is 73.5 Å². The van der Waals surface area contributed by atoms with Gasteiger partial charge in [-0.05, 0) is 85.7 Å². The highest BCUT2D eigenvalue weighted by molar-refractivity contribution is 5.72. The standard InChI is InChI=1S/C34H38N6O/c1-3-6-32-30(14-9-25(2)26-7-4-8-29(23-26)39-19-21-41-22-20-39)38-33(31-15-18-36-24-37-31)40(32)28-12-10-27(11-13-28)34(35)16-5-17-34/h4,6-15,18,23-24H,3,5,16-17,19-22,35H2,1-2H3/b25-9+,30-14+,32-6-. The van der Waals surface area contributed by atoms with Crippen LogP contribution in [0.5, 0.6) is 0 Å². The molecule has 1 saturated carbocycles. The van der Waals surface area contributed by atoms with Crippen molar-refractivity contribution in [1.29, 1.82) is 0 Å². The van der Waals surface area contributed by atoms with Crippen molar-refractivity contribution in [2.24, 2.45) is 5.73 Å². The van der Waals surface area contributed by atoms with Gasteiger partial charge in [0, 0.05) is 36.2 Å². The first-order chi connectivity index (χ1) is 20.1. The van der Waals surface area contributed by atoms with Crippen LogP contribution >= 0.6 is 0 Å². The molecule has 2 fully saturated rings. The number of rotatable bonds is 7. The highest BCUT2D eigenvalue weighted by Crippen LogP contribution is 2.38. The minimum atomic E-state index is -0.193. The highest BCUT2D eigenvalue weighted by Gasteiger charge is 2.34. The fourth-order valence-corrected chi connectivity index (χ4v) is 5.68. The molecular weight excluding hydrogens is 508 g/mol. The van der Waals surface area contributed by atoms with E-state index in [2.05, 4.69) is 100 Å². The fourth-order valence-electron chi connectivity index (χ4n) is 5.68. The van der Waals surface area contributed by atoms with Gasteiger partial charge in [-0.3, -0.25) is 4.57 Å². The van der Waals surface area contributed by atoms with Crippen molar-refractivity contribution in [1.82, 2.24) is 19.5 Å². The van der Waals surface area contributed by atoms with Gasteiger partial charge in [0.05, 0.1) is 23.9 Å². The maximum absolute atomic E-state index is 6.62. The molecule has 0 bridgehead atoms. The smallest absolute Gasteiger partial charge is 0.164 e. The van der Waals surface area contributed by atoms with Crippen LogP contribution in [-0.2, 0) is 10.3 Å². The summed E-state index contributed by atoms with van der Waals surface area (Å²) in [5, 5.41) is 1.95. The summed E-state index contributed by atoms with van der Waals surface area (Å²) in [5.74, 6) is 0.789. The van der Waals surface area contributed by atoms with Crippen molar-refractivity contribution in [2.75, 3.05) is 31.2 Å². The maximum atomic E-state index is 6.62. The molecule has 1 saturated heterocycles. The third-order valence-corrected chi connectivity index (χ3v) is 8.27. The average Bonchev–Trinajstić information content (AvgIpc) is 3.38. The van der Waals surface area contributed by atoms with Gasteiger partial charge >= 0.3 is 0 Å². The van der Waals surface area contributed by atoms with Crippen LogP contribution in [0.4, 0.5) is 5.69 Å². The average molecular weight is 547 g/mol. The van der Waals surface area contributed by atoms with Crippen molar-refractivity contribution >= 4 is 23.4 Å². The zero-order valence-corrected chi connectivity index (χ0v) is 24.0. The predicted octanol–water partition coefficient (Wildman–Crippen LogP) is 4.58. The lowest BCUT2D eigenvalue weighted by molar-refractivity contribution is 0.122. The van der Waals surface area contributed by atoms with Gasteiger partial charge < -0.3 is 15.4 Å². The molecule has 41 heavy (non-hydrogen) atoms. The Labute approximate surface area is 241 Å². The molecule has 4 aromatic rings. The summed E-state index contributed by atoms with van der Waals surface area (Å²) < 4.78 is 7.74. The number of morpholine rings is 1. The third kappa shape index (κ3) is 5.60. The number of hydrogen-bond acceptors (Lipinski definition) is 6. The van der Waals surface area contributed by atoms with Gasteiger partial charge in [-0.15, -0.1) is 0 Å². The van der Waals surface area contributed by atoms with Gasteiger partial charge in [0.1, 0.15) is 12.0 Å². The molecule has 2 aliphatic rings. The van der Waals surface area contributed by atoms with Crippen molar-refractivity contribution in [2.45, 2.75) is 45.1 Å². The van der Waals surface area contributed by atoms with E-state index in [4.69, 9.17) is 15.5 Å². The number of anilines is 1. The Bertz CT molecular complexity index is 1650. The van der Waals surface area contributed by atoms with Crippen molar-refractivity contribution in [3.8, 4) is 17.2 Å². The second-order valence-electron chi connectivity index (χ2n) is 11.0. The summed E-state index contributed by atoms with van der Waals surface area (Å²) in [6, 6.07) is 19.3. The van der Waals surface area contributed by atoms with E-state index in [1.54, 1.807) is 12.5 Å². The molecule has 6 rings (SSSR count). The van der Waals surface area contributed by atoms with Crippen molar-refractivity contribution in [3.05, 3.63) is 95.0 Å². The highest BCUT2D eigenvalue weighted by atomic mass is 16.5. The number of hydrogen-bond donors (Lipinski definition) is 1. The molecule has 0 amide bonds. The SMILES string of the molecule is CC/C=c1/c(=C\C=C(/C)c2cccc(N3CCOCC3)c2)nc(-c2ccncn2)n1-c1ccc(C2(N)CCC2)cc1. The number of aromatic nitrogens is 4. The molecule has 210 valence electrons. The van der Waals surface area contributed by atoms with Crippen LogP contribution in [0.3, 0.4) is 0 Å². The molecule has 1 aliphatic heterocycles. The molecule has 2 N–H and O–H groups in total. The largest absolute Gasteiger partial charge is 0.378 e. The van der Waals surface area contributed by atoms with Gasteiger partial charge in [0.25, 0.3) is 0 Å². The van der Waals surface area contributed by atoms with Crippen molar-refractivity contribution in [3.63, 3.8) is 0 Å². The number of ether oxygens (including phenoxy) is 1. The van der Waals surface area contributed by atoms with Crippen LogP contribution in [0.15, 0.2) is 73.2 Å². The van der Waals surface area contributed by atoms with Crippen LogP contribution in [0.1, 0.15) is 50.7 Å². The zero-order valence-electron chi connectivity index (χ0n) is 24.0. The number of nitrogens with zero attached hydrogens (tertiary/aromatic N) is 5. The first kappa shape index (κ1) is 27.1. The van der Waals surface area contributed by atoms with Gasteiger partial charge in [-0.2, -0.15) is 0 Å². The monoisotopic (exact) mass is 546 g/mol. The summed E-state index contributed by atoms with van der Waals surface area (Å²) in [7, 11) is 0. The number of imidazole rings is 1. The maximum Gasteiger partial charge on any atom is 0.164 e. The number of allylic oxidation sites excluding steroid dienone is 2. The summed E-state index contributed by atoms with van der Waals surface area (Å²) in [4.78, 5) is 16.2. The van der Waals surface area contributed by atoms with E-state index in [0.29, 0.717) is 0 Å². The van der Waals surface area contributed by atoms with E-state index in [1.807, 2.05) is 6.07 Å². The first-order valence-electron chi connectivity index (χ1n) is 14.6. The Hall–Kier alpha value is -4.07. The van der Waals surface area contributed by atoms with Gasteiger partial charge in [-0.1, -0.05) is 43.3 Å². The lowest BCUT2D eigenvalue weighted by atomic mass is 9.73. The molecule has 0 spiro atoms. The molecule has 0 unspecified atom stereocenters. The molecule has 2 aromatic heterocycles. The third-order valence-electron chi connectivity index (χ3n) is 8.27. The molecule has 7 nitrogen and oxygen atoms in total. The van der Waals surface area contributed by atoms with Crippen molar-refractivity contribution < 1.29 is 4.74 Å². The van der Waals surface area contributed by atoms with E-state index in [1.165, 1.54) is 28.8 Å². The molecular formula is C34H38N6O. The summed E-state index contributed by atoms with van der Waals surface area (Å²) in [5.41, 5.74) is 13.1. The van der Waals surface area contributed by atoms with E-state index in [-0.39, 0.29) is 5.54 Å². The Kier molecular flexibility index (Phi) is 7.81. The Morgan fingerprint density at radius 3 is 2.54 bits per heavy atom. The lowest BCUT2D eigenvalue weighted by Gasteiger charge is -2.38. The van der Waals surface area contributed by atoms with Crippen LogP contribution < -0.4 is 21.3 Å². The second-order valence-corrected chi connectivity index (χ2v) is 11.0. The Morgan fingerprint density at radius 2 is 1.85 bits per heavy atom. The normalized spacial score (nSPS) is 18.0. The molecule has 0 radical (unpaired) electrons. The lowest BCUT2D eigenvalue weighted by Crippen LogP contribution is -2.43. The fraction of sp³-hybridized carbons (Fsp3) is 0.324. The summed E-state index contributed by atoms with van der Waals surface area (Å²) in [6.07, 6.45) is 14.0. The zero-order chi connectivity index (χ0) is 28.2. The summed E-state index contributed by atoms with van der Waals surface area (Å²) >= 11 is 0. The van der Waals surface area contributed by atoms with E-state index >= 15 is 0 Å². The molecule has 7 heteroatoms. The van der Waals surface area contributed by atoms with Crippen LogP contribution in [0, 0.1) is 0 Å².